The fourth-order valence-corrected chi connectivity index (χ4v) is 5.37. The number of para-hydroxylation sites is 1. The topological polar surface area (TPSA) is 158 Å². The highest BCUT2D eigenvalue weighted by Gasteiger charge is 2.56. The molecule has 1 aromatic heterocycles. The summed E-state index contributed by atoms with van der Waals surface area (Å²) in [5, 5.41) is 13.2. The Bertz CT molecular complexity index is 1240. The second-order valence-electron chi connectivity index (χ2n) is 8.37. The maximum absolute atomic E-state index is 13.7. The number of alkyl halides is 2. The van der Waals surface area contributed by atoms with Crippen molar-refractivity contribution in [3.05, 3.63) is 63.4 Å². The van der Waals surface area contributed by atoms with Gasteiger partial charge >= 0.3 is 19.4 Å². The first kappa shape index (κ1) is 29.4. The monoisotopic (exact) mass is 579 g/mol. The van der Waals surface area contributed by atoms with Gasteiger partial charge in [0.2, 0.25) is 0 Å². The molecule has 0 unspecified atom stereocenters. The molecule has 204 valence electrons. The molecule has 2 heterocycles. The molecule has 6 atom stereocenters. The third-order valence-electron chi connectivity index (χ3n) is 5.46. The molecule has 1 saturated heterocycles. The molecular formula is C22H28Cl2N3O9P. The summed E-state index contributed by atoms with van der Waals surface area (Å²) in [4.78, 5) is 38.1. The summed E-state index contributed by atoms with van der Waals surface area (Å²) in [6.07, 6.45) is -2.98. The number of carbonyl (C=O) groups is 1. The summed E-state index contributed by atoms with van der Waals surface area (Å²) < 4.78 is 34.6. The molecule has 37 heavy (non-hydrogen) atoms. The molecule has 1 aliphatic heterocycles. The normalized spacial score (nSPS) is 24.1. The van der Waals surface area contributed by atoms with Gasteiger partial charge in [-0.25, -0.2) is 9.36 Å². The van der Waals surface area contributed by atoms with Gasteiger partial charge in [0.15, 0.2) is 10.6 Å². The Morgan fingerprint density at radius 2 is 1.95 bits per heavy atom. The molecule has 3 N–H and O–H groups in total. The number of hydrogen-bond acceptors (Lipinski definition) is 9. The molecule has 0 radical (unpaired) electrons. The van der Waals surface area contributed by atoms with E-state index in [0.717, 1.165) is 16.8 Å². The smallest absolute Gasteiger partial charge is 0.459 e. The molecule has 1 aromatic carbocycles. The predicted molar refractivity (Wildman–Crippen MR) is 135 cm³/mol. The third kappa shape index (κ3) is 7.23. The maximum atomic E-state index is 13.7. The number of aromatic nitrogens is 2. The van der Waals surface area contributed by atoms with Crippen molar-refractivity contribution in [3.63, 3.8) is 0 Å². The molecular weight excluding hydrogens is 552 g/mol. The SMILES string of the molecule is CC[C@H](C)OC(=O)[C@H](C)N[P@@](=O)(OC[C@H]1O[C@@H](n2ccc(=O)[nH]c2=O)C(Cl)(Cl)[C@@H]1O)Oc1ccccc1. The average Bonchev–Trinajstić information content (AvgIpc) is 3.06. The summed E-state index contributed by atoms with van der Waals surface area (Å²) in [5.41, 5.74) is -1.52. The first-order valence-electron chi connectivity index (χ1n) is 11.4. The molecule has 3 rings (SSSR count). The number of aromatic amines is 1. The minimum atomic E-state index is -4.28. The van der Waals surface area contributed by atoms with Crippen molar-refractivity contribution in [2.24, 2.45) is 0 Å². The molecule has 15 heteroatoms. The van der Waals surface area contributed by atoms with E-state index in [1.807, 2.05) is 11.9 Å². The van der Waals surface area contributed by atoms with E-state index in [1.165, 1.54) is 19.1 Å². The molecule has 0 spiro atoms. The second kappa shape index (κ2) is 12.1. The van der Waals surface area contributed by atoms with Crippen LogP contribution in [0.5, 0.6) is 5.75 Å². The molecule has 2 aromatic rings. The van der Waals surface area contributed by atoms with Gasteiger partial charge in [-0.3, -0.25) is 23.7 Å². The Labute approximate surface area is 222 Å². The van der Waals surface area contributed by atoms with Gasteiger partial charge in [-0.05, 0) is 32.4 Å². The van der Waals surface area contributed by atoms with E-state index in [9.17, 15) is 24.1 Å². The zero-order chi connectivity index (χ0) is 27.4. The van der Waals surface area contributed by atoms with Gasteiger partial charge in [-0.15, -0.1) is 0 Å². The Morgan fingerprint density at radius 3 is 2.57 bits per heavy atom. The van der Waals surface area contributed by atoms with E-state index in [2.05, 4.69) is 5.09 Å². The molecule has 12 nitrogen and oxygen atoms in total. The van der Waals surface area contributed by atoms with Crippen molar-refractivity contribution < 1.29 is 33.0 Å². The lowest BCUT2D eigenvalue weighted by Gasteiger charge is -2.25. The van der Waals surface area contributed by atoms with E-state index in [-0.39, 0.29) is 11.9 Å². The summed E-state index contributed by atoms with van der Waals surface area (Å²) in [6, 6.07) is 8.03. The van der Waals surface area contributed by atoms with E-state index in [1.54, 1.807) is 25.1 Å². The number of hydrogen-bond donors (Lipinski definition) is 3. The minimum Gasteiger partial charge on any atom is -0.462 e. The van der Waals surface area contributed by atoms with Gasteiger partial charge in [0.25, 0.3) is 5.56 Å². The van der Waals surface area contributed by atoms with E-state index in [0.29, 0.717) is 6.42 Å². The number of H-pyrrole nitrogens is 1. The zero-order valence-electron chi connectivity index (χ0n) is 20.2. The van der Waals surface area contributed by atoms with Crippen LogP contribution < -0.4 is 20.9 Å². The highest BCUT2D eigenvalue weighted by molar-refractivity contribution is 7.52. The summed E-state index contributed by atoms with van der Waals surface area (Å²) >= 11 is 12.6. The number of aliphatic hydroxyl groups excluding tert-OH is 1. The molecule has 0 aliphatic carbocycles. The van der Waals surface area contributed by atoms with Crippen LogP contribution in [0.3, 0.4) is 0 Å². The van der Waals surface area contributed by atoms with Crippen molar-refractivity contribution >= 4 is 36.9 Å². The van der Waals surface area contributed by atoms with E-state index in [4.69, 9.17) is 41.7 Å². The van der Waals surface area contributed by atoms with Crippen molar-refractivity contribution in [2.45, 2.75) is 62.1 Å². The first-order valence-corrected chi connectivity index (χ1v) is 13.7. The van der Waals surface area contributed by atoms with Gasteiger partial charge in [0, 0.05) is 12.3 Å². The number of aliphatic hydroxyl groups is 1. The van der Waals surface area contributed by atoms with Crippen LogP contribution in [-0.4, -0.2) is 55.9 Å². The lowest BCUT2D eigenvalue weighted by Crippen LogP contribution is -2.41. The summed E-state index contributed by atoms with van der Waals surface area (Å²) in [7, 11) is -4.28. The summed E-state index contributed by atoms with van der Waals surface area (Å²) in [5.74, 6) is -0.500. The molecule has 0 amide bonds. The number of nitrogens with one attached hydrogen (secondary N) is 2. The zero-order valence-corrected chi connectivity index (χ0v) is 22.6. The number of ether oxygens (including phenoxy) is 2. The van der Waals surface area contributed by atoms with Gasteiger partial charge in [-0.1, -0.05) is 48.3 Å². The number of carbonyl (C=O) groups excluding carboxylic acids is 1. The van der Waals surface area contributed by atoms with Crippen molar-refractivity contribution in [3.8, 4) is 5.75 Å². The highest BCUT2D eigenvalue weighted by Crippen LogP contribution is 2.49. The second-order valence-corrected chi connectivity index (χ2v) is 11.5. The predicted octanol–water partition coefficient (Wildman–Crippen LogP) is 2.49. The highest BCUT2D eigenvalue weighted by atomic mass is 35.5. The average molecular weight is 580 g/mol. The standard InChI is InChI=1S/C22H28Cl2N3O9P/c1-4-13(2)34-19(30)14(3)26-37(32,36-15-8-6-5-7-9-15)33-12-16-18(29)22(23,24)20(35-16)27-11-10-17(28)25-21(27)31/h5-11,13-14,16,18,20,29H,4,12H2,1-3H3,(H,26,32)(H,25,28,31)/t13-,14-,16+,18+,20+,37+/m0/s1. The number of benzene rings is 1. The van der Waals surface area contributed by atoms with E-state index < -0.39 is 60.4 Å². The van der Waals surface area contributed by atoms with Crippen LogP contribution in [0.2, 0.25) is 0 Å². The van der Waals surface area contributed by atoms with Crippen molar-refractivity contribution in [2.75, 3.05) is 6.61 Å². The fourth-order valence-electron chi connectivity index (χ4n) is 3.27. The molecule has 0 bridgehead atoms. The number of rotatable bonds is 11. The van der Waals surface area contributed by atoms with Gasteiger partial charge in [0.1, 0.15) is 24.0 Å². The molecule has 1 aliphatic rings. The molecule has 0 saturated carbocycles. The Balaban J connectivity index is 1.79. The van der Waals surface area contributed by atoms with Crippen LogP contribution in [-0.2, 0) is 23.4 Å². The van der Waals surface area contributed by atoms with Crippen LogP contribution in [0.1, 0.15) is 33.4 Å². The number of esters is 1. The van der Waals surface area contributed by atoms with Crippen LogP contribution in [0.4, 0.5) is 0 Å². The fraction of sp³-hybridized carbons (Fsp3) is 0.500. The van der Waals surface area contributed by atoms with Crippen LogP contribution >= 0.6 is 30.9 Å². The molecule has 1 fully saturated rings. The van der Waals surface area contributed by atoms with Gasteiger partial charge in [0.05, 0.1) is 12.7 Å². The van der Waals surface area contributed by atoms with Crippen LogP contribution in [0.15, 0.2) is 52.2 Å². The number of nitrogens with zero attached hydrogens (tertiary/aromatic N) is 1. The maximum Gasteiger partial charge on any atom is 0.459 e. The lowest BCUT2D eigenvalue weighted by molar-refractivity contribution is -0.150. The third-order valence-corrected chi connectivity index (χ3v) is 7.92. The lowest BCUT2D eigenvalue weighted by atomic mass is 10.2. The van der Waals surface area contributed by atoms with Gasteiger partial charge in [-0.2, -0.15) is 5.09 Å². The van der Waals surface area contributed by atoms with Crippen molar-refractivity contribution in [1.29, 1.82) is 0 Å². The summed E-state index contributed by atoms with van der Waals surface area (Å²) in [6.45, 7) is 4.42. The van der Waals surface area contributed by atoms with Crippen LogP contribution in [0.25, 0.3) is 0 Å². The number of halogens is 2. The van der Waals surface area contributed by atoms with E-state index >= 15 is 0 Å². The Hall–Kier alpha value is -2.18. The Morgan fingerprint density at radius 1 is 1.27 bits per heavy atom. The quantitative estimate of drug-likeness (QED) is 0.205. The first-order chi connectivity index (χ1) is 17.4. The van der Waals surface area contributed by atoms with Gasteiger partial charge < -0.3 is 19.1 Å². The van der Waals surface area contributed by atoms with Crippen molar-refractivity contribution in [1.82, 2.24) is 14.6 Å². The minimum absolute atomic E-state index is 0.176. The van der Waals surface area contributed by atoms with Crippen LogP contribution in [0, 0.1) is 0 Å². The Kier molecular flexibility index (Phi) is 9.62. The largest absolute Gasteiger partial charge is 0.462 e.